The van der Waals surface area contributed by atoms with Crippen molar-refractivity contribution in [3.8, 4) is 0 Å². The molecule has 0 radical (unpaired) electrons. The van der Waals surface area contributed by atoms with Gasteiger partial charge in [0.15, 0.2) is 9.84 Å². The predicted molar refractivity (Wildman–Crippen MR) is 137 cm³/mol. The van der Waals surface area contributed by atoms with E-state index in [1.807, 2.05) is 0 Å². The van der Waals surface area contributed by atoms with Gasteiger partial charge in [0.1, 0.15) is 10.6 Å². The molecule has 1 fully saturated rings. The van der Waals surface area contributed by atoms with Crippen molar-refractivity contribution in [3.63, 3.8) is 0 Å². The first-order valence-corrected chi connectivity index (χ1v) is 14.7. The highest BCUT2D eigenvalue weighted by Gasteiger charge is 2.73. The highest BCUT2D eigenvalue weighted by molar-refractivity contribution is 7.92. The number of aryl methyl sites for hydroxylation is 1. The summed E-state index contributed by atoms with van der Waals surface area (Å²) in [5.74, 6) is -2.04. The third-order valence-corrected chi connectivity index (χ3v) is 10.8. The van der Waals surface area contributed by atoms with Gasteiger partial charge in [-0.1, -0.05) is 18.2 Å². The average molecular weight is 627 g/mol. The number of hydrogen-bond donors (Lipinski definition) is 2. The molecule has 0 spiro atoms. The number of halogens is 8. The van der Waals surface area contributed by atoms with Gasteiger partial charge in [-0.05, 0) is 81.3 Å². The monoisotopic (exact) mass is 626 g/mol. The summed E-state index contributed by atoms with van der Waals surface area (Å²) in [4.78, 5) is 12.5. The van der Waals surface area contributed by atoms with Crippen LogP contribution in [0.1, 0.15) is 62.6 Å². The molecular weight excluding hydrogens is 596 g/mol. The second kappa shape index (κ2) is 10.5. The van der Waals surface area contributed by atoms with Crippen LogP contribution in [0.2, 0.25) is 0 Å². The molecule has 2 aromatic carbocycles. The highest BCUT2D eigenvalue weighted by Crippen LogP contribution is 2.58. The summed E-state index contributed by atoms with van der Waals surface area (Å²) < 4.78 is 137. The van der Waals surface area contributed by atoms with E-state index in [0.717, 1.165) is 30.3 Å². The Hall–Kier alpha value is -2.74. The first-order valence-electron chi connectivity index (χ1n) is 13.2. The zero-order chi connectivity index (χ0) is 31.5. The van der Waals surface area contributed by atoms with Crippen LogP contribution in [0, 0.1) is 11.7 Å². The van der Waals surface area contributed by atoms with E-state index in [2.05, 4.69) is 5.32 Å². The minimum absolute atomic E-state index is 0.0688. The second-order valence-corrected chi connectivity index (χ2v) is 14.0. The maximum absolute atomic E-state index is 15.0. The predicted octanol–water partition coefficient (Wildman–Crippen LogP) is 6.14. The quantitative estimate of drug-likeness (QED) is 0.298. The Labute approximate surface area is 237 Å². The Kier molecular flexibility index (Phi) is 8.01. The zero-order valence-electron chi connectivity index (χ0n) is 22.7. The van der Waals surface area contributed by atoms with Crippen molar-refractivity contribution in [2.45, 2.75) is 91.6 Å². The fourth-order valence-corrected chi connectivity index (χ4v) is 8.90. The van der Waals surface area contributed by atoms with E-state index in [1.165, 1.54) is 0 Å². The molecule has 4 rings (SSSR count). The number of hydrogen-bond acceptors (Lipinski definition) is 4. The van der Waals surface area contributed by atoms with Gasteiger partial charge in [-0.15, -0.1) is 0 Å². The maximum atomic E-state index is 15.0. The lowest BCUT2D eigenvalue weighted by Crippen LogP contribution is -2.50. The summed E-state index contributed by atoms with van der Waals surface area (Å²) in [5, 5.41) is 2.83. The number of nitrogens with one attached hydrogen (secondary N) is 1. The van der Waals surface area contributed by atoms with Gasteiger partial charge in [-0.25, -0.2) is 17.2 Å². The summed E-state index contributed by atoms with van der Waals surface area (Å²) in [7, 11) is -4.50. The molecule has 2 aliphatic carbocycles. The smallest absolute Gasteiger partial charge is 0.353 e. The number of alkyl halides is 7. The number of rotatable bonds is 6. The van der Waals surface area contributed by atoms with Crippen molar-refractivity contribution >= 4 is 15.7 Å². The van der Waals surface area contributed by atoms with E-state index in [0.29, 0.717) is 12.1 Å². The molecule has 2 aliphatic rings. The zero-order valence-corrected chi connectivity index (χ0v) is 23.5. The summed E-state index contributed by atoms with van der Waals surface area (Å²) in [5.41, 5.74) is -2.58. The van der Waals surface area contributed by atoms with Crippen molar-refractivity contribution in [2.75, 3.05) is 0 Å². The molecule has 0 aromatic heterocycles. The summed E-state index contributed by atoms with van der Waals surface area (Å²) in [6.45, 7) is 3.24. The summed E-state index contributed by atoms with van der Waals surface area (Å²) >= 11 is 0. The molecule has 1 amide bonds. The van der Waals surface area contributed by atoms with Crippen LogP contribution >= 0.6 is 0 Å². The number of fused-ring (bicyclic) bond motifs is 3. The van der Waals surface area contributed by atoms with Crippen LogP contribution in [-0.4, -0.2) is 38.3 Å². The molecule has 232 valence electrons. The molecule has 5 nitrogen and oxygen atoms in total. The van der Waals surface area contributed by atoms with Crippen LogP contribution in [0.5, 0.6) is 0 Å². The van der Waals surface area contributed by atoms with Gasteiger partial charge in [0.2, 0.25) is 5.91 Å². The van der Waals surface area contributed by atoms with Crippen LogP contribution < -0.4 is 11.1 Å². The Bertz CT molecular complexity index is 1440. The standard InChI is InChI=1S/C28H30F8N2O3S/c1-24(2,37)15-23(39)38-22-12-13-25(42(40,41)19-9-7-18(29)8-10-19)20-11-6-17(14-16(20)4-3-5-21(22)25)26(30,27(31,32)33)28(34,35)36/h6-11,14,21-22H,3-5,12-13,15,37H2,1-2H3,(H,38,39)/t21-,22+,25+/m0/s1. The molecule has 42 heavy (non-hydrogen) atoms. The van der Waals surface area contributed by atoms with E-state index in [9.17, 15) is 48.3 Å². The van der Waals surface area contributed by atoms with Gasteiger partial charge in [-0.2, -0.15) is 26.3 Å². The highest BCUT2D eigenvalue weighted by atomic mass is 32.2. The fraction of sp³-hybridized carbons (Fsp3) is 0.536. The van der Waals surface area contributed by atoms with Crippen molar-refractivity contribution in [1.29, 1.82) is 0 Å². The molecule has 0 heterocycles. The van der Waals surface area contributed by atoms with E-state index < -0.39 is 67.4 Å². The SMILES string of the molecule is CC(C)(N)CC(=O)N[C@@H]1CC[C@@]2(S(=O)(=O)c3ccc(F)cc3)c3ccc(C(F)(C(F)(F)F)C(F)(F)F)cc3CCC[C@@H]12. The topological polar surface area (TPSA) is 89.3 Å². The van der Waals surface area contributed by atoms with Crippen LogP contribution in [0.4, 0.5) is 35.1 Å². The van der Waals surface area contributed by atoms with E-state index in [-0.39, 0.29) is 54.5 Å². The van der Waals surface area contributed by atoms with Gasteiger partial charge in [0, 0.05) is 29.5 Å². The molecule has 0 bridgehead atoms. The lowest BCUT2D eigenvalue weighted by molar-refractivity contribution is -0.348. The number of carbonyl (C=O) groups is 1. The number of sulfone groups is 1. The van der Waals surface area contributed by atoms with Gasteiger partial charge in [-0.3, -0.25) is 4.79 Å². The van der Waals surface area contributed by atoms with Crippen molar-refractivity contribution in [1.82, 2.24) is 5.32 Å². The largest absolute Gasteiger partial charge is 0.435 e. The Morgan fingerprint density at radius 2 is 1.57 bits per heavy atom. The fourth-order valence-electron chi connectivity index (χ4n) is 6.43. The second-order valence-electron chi connectivity index (χ2n) is 11.7. The maximum Gasteiger partial charge on any atom is 0.435 e. The normalized spacial score (nSPS) is 23.6. The van der Waals surface area contributed by atoms with E-state index in [4.69, 9.17) is 5.73 Å². The van der Waals surface area contributed by atoms with E-state index >= 15 is 0 Å². The molecule has 0 aliphatic heterocycles. The first kappa shape index (κ1) is 32.2. The van der Waals surface area contributed by atoms with Gasteiger partial charge >= 0.3 is 18.0 Å². The number of amides is 1. The number of nitrogens with two attached hydrogens (primary N) is 1. The molecule has 0 saturated heterocycles. The van der Waals surface area contributed by atoms with Crippen LogP contribution in [0.15, 0.2) is 47.4 Å². The third kappa shape index (κ3) is 5.29. The lowest BCUT2D eigenvalue weighted by Gasteiger charge is -2.38. The van der Waals surface area contributed by atoms with E-state index in [1.54, 1.807) is 13.8 Å². The number of benzene rings is 2. The molecular formula is C28H30F8N2O3S. The minimum atomic E-state index is -6.34. The van der Waals surface area contributed by atoms with Crippen LogP contribution in [0.3, 0.4) is 0 Å². The number of carbonyl (C=O) groups excluding carboxylic acids is 1. The van der Waals surface area contributed by atoms with Gasteiger partial charge in [0.25, 0.3) is 0 Å². The summed E-state index contributed by atoms with van der Waals surface area (Å²) in [6.07, 6.45) is -12.7. The van der Waals surface area contributed by atoms with Crippen LogP contribution in [0.25, 0.3) is 0 Å². The van der Waals surface area contributed by atoms with Crippen LogP contribution in [-0.2, 0) is 31.5 Å². The van der Waals surface area contributed by atoms with Crippen molar-refractivity contribution in [3.05, 3.63) is 65.0 Å². The molecule has 0 unspecified atom stereocenters. The van der Waals surface area contributed by atoms with Gasteiger partial charge in [0.05, 0.1) is 4.90 Å². The lowest BCUT2D eigenvalue weighted by atomic mass is 9.82. The van der Waals surface area contributed by atoms with Gasteiger partial charge < -0.3 is 11.1 Å². The molecule has 3 atom stereocenters. The van der Waals surface area contributed by atoms with Crippen molar-refractivity contribution in [2.24, 2.45) is 11.7 Å². The molecule has 14 heteroatoms. The Balaban J connectivity index is 1.92. The molecule has 1 saturated carbocycles. The first-order chi connectivity index (χ1) is 19.1. The minimum Gasteiger partial charge on any atom is -0.353 e. The summed E-state index contributed by atoms with van der Waals surface area (Å²) in [6, 6.07) is 4.75. The molecule has 2 aromatic rings. The average Bonchev–Trinajstić information content (AvgIpc) is 3.10. The Morgan fingerprint density at radius 3 is 2.12 bits per heavy atom. The van der Waals surface area contributed by atoms with Crippen molar-refractivity contribution < 1.29 is 48.3 Å². The third-order valence-electron chi connectivity index (χ3n) is 8.18. The molecule has 3 N–H and O–H groups in total. The Morgan fingerprint density at radius 1 is 0.976 bits per heavy atom.